The van der Waals surface area contributed by atoms with E-state index in [1.807, 2.05) is 38.2 Å². The van der Waals surface area contributed by atoms with E-state index in [1.165, 1.54) is 19.5 Å². The number of aromatic nitrogens is 5. The zero-order valence-electron chi connectivity index (χ0n) is 20.8. The van der Waals surface area contributed by atoms with E-state index in [-0.39, 0.29) is 17.8 Å². The number of fused-ring (bicyclic) bond motifs is 4. The molecular weight excluding hydrogens is 440 g/mol. The smallest absolute Gasteiger partial charge is 0.330 e. The van der Waals surface area contributed by atoms with E-state index >= 15 is 0 Å². The van der Waals surface area contributed by atoms with Crippen molar-refractivity contribution < 1.29 is 4.74 Å². The Morgan fingerprint density at radius 3 is 2.54 bits per heavy atom. The van der Waals surface area contributed by atoms with Crippen LogP contribution >= 0.6 is 0 Å². The van der Waals surface area contributed by atoms with Gasteiger partial charge in [-0.2, -0.15) is 0 Å². The number of hydrogen-bond donors (Lipinski definition) is 0. The first-order chi connectivity index (χ1) is 16.9. The summed E-state index contributed by atoms with van der Waals surface area (Å²) in [4.78, 5) is 20.1. The Bertz CT molecular complexity index is 1440. The normalized spacial score (nSPS) is 20.7. The van der Waals surface area contributed by atoms with Gasteiger partial charge in [0.25, 0.3) is 0 Å². The van der Waals surface area contributed by atoms with Gasteiger partial charge >= 0.3 is 5.69 Å². The molecule has 1 aliphatic carbocycles. The monoisotopic (exact) mass is 472 g/mol. The Morgan fingerprint density at radius 2 is 1.83 bits per heavy atom. The number of rotatable bonds is 7. The first-order valence-electron chi connectivity index (χ1n) is 12.6. The van der Waals surface area contributed by atoms with Gasteiger partial charge in [0.2, 0.25) is 0 Å². The summed E-state index contributed by atoms with van der Waals surface area (Å²) in [5.74, 6) is 1.92. The van der Waals surface area contributed by atoms with Gasteiger partial charge in [0, 0.05) is 49.9 Å². The van der Waals surface area contributed by atoms with Crippen LogP contribution in [0.3, 0.4) is 0 Å². The van der Waals surface area contributed by atoms with E-state index in [0.29, 0.717) is 5.65 Å². The predicted molar refractivity (Wildman–Crippen MR) is 136 cm³/mol. The molecule has 8 heteroatoms. The van der Waals surface area contributed by atoms with Crippen molar-refractivity contribution in [2.24, 2.45) is 18.9 Å². The third-order valence-corrected chi connectivity index (χ3v) is 7.65. The highest BCUT2D eigenvalue weighted by molar-refractivity contribution is 6.02. The summed E-state index contributed by atoms with van der Waals surface area (Å²) < 4.78 is 9.45. The Hall–Kier alpha value is -3.10. The van der Waals surface area contributed by atoms with Crippen molar-refractivity contribution in [1.29, 1.82) is 0 Å². The van der Waals surface area contributed by atoms with Crippen LogP contribution in [0.2, 0.25) is 0 Å². The Morgan fingerprint density at radius 1 is 1.06 bits per heavy atom. The van der Waals surface area contributed by atoms with Crippen LogP contribution in [0, 0.1) is 11.8 Å². The summed E-state index contributed by atoms with van der Waals surface area (Å²) in [7, 11) is 1.74. The summed E-state index contributed by atoms with van der Waals surface area (Å²) in [5, 5.41) is 9.60. The topological polar surface area (TPSA) is 78.1 Å². The van der Waals surface area contributed by atoms with Crippen LogP contribution in [0.25, 0.3) is 33.2 Å². The number of aryl methyl sites for hydroxylation is 1. The average Bonchev–Trinajstić information content (AvgIpc) is 3.38. The van der Waals surface area contributed by atoms with E-state index in [1.54, 1.807) is 16.2 Å². The highest BCUT2D eigenvalue weighted by atomic mass is 16.5. The van der Waals surface area contributed by atoms with Crippen molar-refractivity contribution in [3.63, 3.8) is 0 Å². The van der Waals surface area contributed by atoms with Crippen molar-refractivity contribution in [3.8, 4) is 11.1 Å². The second-order valence-corrected chi connectivity index (χ2v) is 10.4. The van der Waals surface area contributed by atoms with Gasteiger partial charge < -0.3 is 9.64 Å². The fraction of sp³-hybridized carbons (Fsp3) is 0.481. The molecule has 182 valence electrons. The number of likely N-dealkylation sites (tertiary alicyclic amines) is 1. The standard InChI is InChI=1S/C27H32N6O2/c1-16(2)33-25-22-12-18(5-8-24(22)29-30-26(25)31(4)27(33)34)19-6-7-23(28-13-19)17(3)35-10-9-32-14-20-11-21(20)15-32/h5-8,12-13,16-17,20-21H,9-11,14-15H2,1-4H3/t17-,20?,21?/m1/s1. The van der Waals surface area contributed by atoms with Crippen LogP contribution in [0.15, 0.2) is 41.3 Å². The molecule has 0 radical (unpaired) electrons. The molecule has 0 amide bonds. The molecule has 1 saturated carbocycles. The van der Waals surface area contributed by atoms with Gasteiger partial charge in [0.1, 0.15) is 5.52 Å². The number of benzene rings is 1. The number of imidazole rings is 1. The summed E-state index contributed by atoms with van der Waals surface area (Å²) in [6.45, 7) is 10.3. The van der Waals surface area contributed by atoms with Crippen molar-refractivity contribution in [3.05, 3.63) is 52.7 Å². The van der Waals surface area contributed by atoms with Gasteiger partial charge in [-0.25, -0.2) is 4.79 Å². The quantitative estimate of drug-likeness (QED) is 0.405. The molecule has 6 rings (SSSR count). The highest BCUT2D eigenvalue weighted by Crippen LogP contribution is 2.44. The molecule has 3 aromatic heterocycles. The molecule has 8 nitrogen and oxygen atoms in total. The van der Waals surface area contributed by atoms with Crippen molar-refractivity contribution in [2.75, 3.05) is 26.2 Å². The van der Waals surface area contributed by atoms with E-state index in [9.17, 15) is 4.79 Å². The summed E-state index contributed by atoms with van der Waals surface area (Å²) in [6.07, 6.45) is 3.29. The molecule has 2 fully saturated rings. The SMILES string of the molecule is CC(C)n1c(=O)n(C)c2nnc3ccc(-c4ccc([C@@H](C)OCCN5CC6CC6C5)nc4)cc3c21. The maximum Gasteiger partial charge on any atom is 0.330 e. The second-order valence-electron chi connectivity index (χ2n) is 10.4. The third-order valence-electron chi connectivity index (χ3n) is 7.65. The number of nitrogens with zero attached hydrogens (tertiary/aromatic N) is 6. The van der Waals surface area contributed by atoms with E-state index in [4.69, 9.17) is 9.72 Å². The Labute approximate surface area is 204 Å². The molecule has 1 aliphatic heterocycles. The van der Waals surface area contributed by atoms with Crippen LogP contribution in [-0.4, -0.2) is 55.5 Å². The molecule has 2 aliphatic rings. The first-order valence-corrected chi connectivity index (χ1v) is 12.6. The lowest BCUT2D eigenvalue weighted by Crippen LogP contribution is -2.27. The zero-order chi connectivity index (χ0) is 24.3. The Kier molecular flexibility index (Phi) is 5.45. The van der Waals surface area contributed by atoms with Crippen molar-refractivity contribution in [1.82, 2.24) is 29.2 Å². The molecule has 3 atom stereocenters. The second kappa shape index (κ2) is 8.53. The molecule has 0 spiro atoms. The average molecular weight is 473 g/mol. The molecule has 0 N–H and O–H groups in total. The van der Waals surface area contributed by atoms with Crippen molar-refractivity contribution >= 4 is 22.1 Å². The van der Waals surface area contributed by atoms with Gasteiger partial charge in [-0.15, -0.1) is 10.2 Å². The van der Waals surface area contributed by atoms with Crippen LogP contribution in [0.1, 0.15) is 45.0 Å². The maximum atomic E-state index is 12.8. The zero-order valence-corrected chi connectivity index (χ0v) is 20.8. The van der Waals surface area contributed by atoms with Gasteiger partial charge in [-0.05, 0) is 62.8 Å². The lowest BCUT2D eigenvalue weighted by molar-refractivity contribution is 0.0474. The van der Waals surface area contributed by atoms with Crippen LogP contribution in [0.5, 0.6) is 0 Å². The summed E-state index contributed by atoms with van der Waals surface area (Å²) in [5.41, 5.74) is 5.08. The molecule has 1 aromatic carbocycles. The van der Waals surface area contributed by atoms with Crippen molar-refractivity contribution in [2.45, 2.75) is 39.3 Å². The van der Waals surface area contributed by atoms with Crippen LogP contribution in [-0.2, 0) is 11.8 Å². The van der Waals surface area contributed by atoms with Crippen LogP contribution < -0.4 is 5.69 Å². The largest absolute Gasteiger partial charge is 0.371 e. The maximum absolute atomic E-state index is 12.8. The highest BCUT2D eigenvalue weighted by Gasteiger charge is 2.44. The number of hydrogen-bond acceptors (Lipinski definition) is 6. The van der Waals surface area contributed by atoms with Gasteiger partial charge in [-0.3, -0.25) is 14.1 Å². The predicted octanol–water partition coefficient (Wildman–Crippen LogP) is 3.96. The lowest BCUT2D eigenvalue weighted by atomic mass is 10.0. The summed E-state index contributed by atoms with van der Waals surface area (Å²) >= 11 is 0. The fourth-order valence-electron chi connectivity index (χ4n) is 5.49. The molecular formula is C27H32N6O2. The minimum absolute atomic E-state index is 0.0147. The Balaban J connectivity index is 1.24. The van der Waals surface area contributed by atoms with E-state index in [2.05, 4.69) is 34.2 Å². The molecule has 1 saturated heterocycles. The minimum Gasteiger partial charge on any atom is -0.371 e. The van der Waals surface area contributed by atoms with Gasteiger partial charge in [0.15, 0.2) is 5.65 Å². The number of ether oxygens (including phenoxy) is 1. The molecule has 4 aromatic rings. The third kappa shape index (κ3) is 3.94. The summed E-state index contributed by atoms with van der Waals surface area (Å²) in [6, 6.07) is 10.2. The molecule has 4 heterocycles. The fourth-order valence-corrected chi connectivity index (χ4v) is 5.49. The van der Waals surface area contributed by atoms with Gasteiger partial charge in [0.05, 0.1) is 23.9 Å². The van der Waals surface area contributed by atoms with Crippen LogP contribution in [0.4, 0.5) is 0 Å². The molecule has 0 bridgehead atoms. The number of pyridine rings is 1. The minimum atomic E-state index is -0.0799. The number of piperidine rings is 1. The van der Waals surface area contributed by atoms with Gasteiger partial charge in [-0.1, -0.05) is 12.1 Å². The molecule has 2 unspecified atom stereocenters. The lowest BCUT2D eigenvalue weighted by Gasteiger charge is -2.19. The first kappa shape index (κ1) is 22.4. The molecule has 35 heavy (non-hydrogen) atoms. The van der Waals surface area contributed by atoms with E-state index < -0.39 is 0 Å². The van der Waals surface area contributed by atoms with E-state index in [0.717, 1.165) is 58.2 Å².